The molecule has 0 unspecified atom stereocenters. The van der Waals surface area contributed by atoms with Crippen LogP contribution in [0.25, 0.3) is 11.2 Å². The number of aryl methyl sites for hydroxylation is 2. The van der Waals surface area contributed by atoms with Gasteiger partial charge in [-0.25, -0.2) is 14.8 Å². The van der Waals surface area contributed by atoms with Crippen LogP contribution in [0.4, 0.5) is 21.9 Å². The van der Waals surface area contributed by atoms with Crippen LogP contribution in [0.15, 0.2) is 60.7 Å². The normalized spacial score (nSPS) is 10.9. The highest BCUT2D eigenvalue weighted by molar-refractivity contribution is 6.00. The van der Waals surface area contributed by atoms with Gasteiger partial charge in [-0.3, -0.25) is 10.1 Å². The van der Waals surface area contributed by atoms with Crippen molar-refractivity contribution in [2.75, 3.05) is 10.6 Å². The van der Waals surface area contributed by atoms with E-state index in [9.17, 15) is 14.9 Å². The number of nitro groups is 1. The molecule has 0 saturated heterocycles. The summed E-state index contributed by atoms with van der Waals surface area (Å²) in [5.41, 5.74) is 4.11. The minimum Gasteiger partial charge on any atom is -0.308 e. The number of unbranched alkanes of at least 4 members (excludes halogenated alkanes) is 1. The van der Waals surface area contributed by atoms with Crippen LogP contribution in [0.5, 0.6) is 0 Å². The number of imidazole rings is 1. The quantitative estimate of drug-likeness (QED) is 0.260. The second-order valence-corrected chi connectivity index (χ2v) is 8.05. The zero-order valence-electron chi connectivity index (χ0n) is 19.1. The van der Waals surface area contributed by atoms with Gasteiger partial charge in [-0.2, -0.15) is 0 Å². The Labute approximate surface area is 197 Å². The highest BCUT2D eigenvalue weighted by Crippen LogP contribution is 2.24. The van der Waals surface area contributed by atoms with Crippen LogP contribution in [0.1, 0.15) is 36.8 Å². The number of hydrogen-bond acceptors (Lipinski definition) is 5. The third-order valence-electron chi connectivity index (χ3n) is 5.49. The van der Waals surface area contributed by atoms with Crippen LogP contribution < -0.4 is 10.6 Å². The molecule has 0 atom stereocenters. The number of rotatable bonds is 8. The number of benzene rings is 2. The smallest absolute Gasteiger partial charge is 0.308 e. The Balaban J connectivity index is 1.65. The summed E-state index contributed by atoms with van der Waals surface area (Å²) in [6.07, 6.45) is 2.73. The van der Waals surface area contributed by atoms with Gasteiger partial charge in [-0.05, 0) is 37.1 Å². The molecule has 0 fully saturated rings. The van der Waals surface area contributed by atoms with Crippen LogP contribution in [0.2, 0.25) is 0 Å². The Bertz CT molecular complexity index is 1330. The lowest BCUT2D eigenvalue weighted by Crippen LogP contribution is -2.20. The Kier molecular flexibility index (Phi) is 6.82. The van der Waals surface area contributed by atoms with E-state index < -0.39 is 4.92 Å². The summed E-state index contributed by atoms with van der Waals surface area (Å²) in [7, 11) is 0. The summed E-state index contributed by atoms with van der Waals surface area (Å²) in [6, 6.07) is 17.3. The third-order valence-corrected chi connectivity index (χ3v) is 5.49. The zero-order chi connectivity index (χ0) is 24.1. The van der Waals surface area contributed by atoms with E-state index in [1.807, 2.05) is 54.0 Å². The Hall–Kier alpha value is -4.27. The number of carbonyl (C=O) groups is 1. The average Bonchev–Trinajstić information content (AvgIpc) is 3.14. The number of nitro benzene ring substituents is 1. The number of nitrogens with zero attached hydrogens (tertiary/aromatic N) is 4. The van der Waals surface area contributed by atoms with Crippen molar-refractivity contribution in [1.82, 2.24) is 14.5 Å². The number of fused-ring (bicyclic) bond motifs is 1. The van der Waals surface area contributed by atoms with E-state index in [2.05, 4.69) is 17.6 Å². The topological polar surface area (TPSA) is 115 Å². The second kappa shape index (κ2) is 10.1. The molecule has 0 aliphatic heterocycles. The standard InChI is InChI=1S/C25H26N6O3/c1-3-4-13-23-28-22-15-21(29-25(32)27-19-10-6-5-7-11-19)17(2)26-24(22)30(23)16-18-9-8-12-20(14-18)31(33)34/h5-12,14-15H,3-4,13,16H2,1-2H3,(H2,27,29,32). The van der Waals surface area contributed by atoms with Gasteiger partial charge >= 0.3 is 6.03 Å². The molecule has 0 saturated carbocycles. The number of aromatic nitrogens is 3. The molecule has 4 rings (SSSR count). The monoisotopic (exact) mass is 458 g/mol. The summed E-state index contributed by atoms with van der Waals surface area (Å²) in [5, 5.41) is 16.9. The molecule has 0 radical (unpaired) electrons. The fourth-order valence-electron chi connectivity index (χ4n) is 3.76. The molecule has 4 aromatic rings. The summed E-state index contributed by atoms with van der Waals surface area (Å²) in [6.45, 7) is 4.36. The van der Waals surface area contributed by atoms with Crippen molar-refractivity contribution >= 4 is 34.3 Å². The first-order valence-electron chi connectivity index (χ1n) is 11.2. The molecule has 2 aromatic carbocycles. The lowest BCUT2D eigenvalue weighted by atomic mass is 10.2. The first-order valence-corrected chi connectivity index (χ1v) is 11.2. The maximum absolute atomic E-state index is 12.5. The molecule has 0 aliphatic rings. The number of pyridine rings is 1. The molecule has 34 heavy (non-hydrogen) atoms. The summed E-state index contributed by atoms with van der Waals surface area (Å²) < 4.78 is 2.00. The largest absolute Gasteiger partial charge is 0.323 e. The van der Waals surface area contributed by atoms with E-state index in [0.717, 1.165) is 30.7 Å². The van der Waals surface area contributed by atoms with Crippen molar-refractivity contribution in [1.29, 1.82) is 0 Å². The first kappa shape index (κ1) is 22.9. The van der Waals surface area contributed by atoms with Gasteiger partial charge in [0, 0.05) is 24.2 Å². The maximum Gasteiger partial charge on any atom is 0.323 e. The Morgan fingerprint density at radius 2 is 1.85 bits per heavy atom. The van der Waals surface area contributed by atoms with Crippen LogP contribution in [0.3, 0.4) is 0 Å². The first-order chi connectivity index (χ1) is 16.4. The summed E-state index contributed by atoms with van der Waals surface area (Å²) in [4.78, 5) is 32.8. The molecule has 0 bridgehead atoms. The molecule has 9 heteroatoms. The summed E-state index contributed by atoms with van der Waals surface area (Å²) >= 11 is 0. The van der Waals surface area contributed by atoms with Gasteiger partial charge in [-0.15, -0.1) is 0 Å². The van der Waals surface area contributed by atoms with Crippen LogP contribution in [-0.4, -0.2) is 25.5 Å². The molecule has 2 N–H and O–H groups in total. The van der Waals surface area contributed by atoms with Crippen LogP contribution >= 0.6 is 0 Å². The lowest BCUT2D eigenvalue weighted by Gasteiger charge is -2.11. The summed E-state index contributed by atoms with van der Waals surface area (Å²) in [5.74, 6) is 0.862. The fourth-order valence-corrected chi connectivity index (χ4v) is 3.76. The predicted octanol–water partition coefficient (Wildman–Crippen LogP) is 5.68. The van der Waals surface area contributed by atoms with Gasteiger partial charge in [-0.1, -0.05) is 43.7 Å². The zero-order valence-corrected chi connectivity index (χ0v) is 19.1. The molecule has 2 aromatic heterocycles. The van der Waals surface area contributed by atoms with Crippen molar-refractivity contribution in [3.05, 3.63) is 87.9 Å². The minimum absolute atomic E-state index is 0.0529. The maximum atomic E-state index is 12.5. The highest BCUT2D eigenvalue weighted by atomic mass is 16.6. The molecule has 2 amide bonds. The van der Waals surface area contributed by atoms with Gasteiger partial charge in [0.15, 0.2) is 5.65 Å². The number of non-ortho nitro benzene ring substituents is 1. The molecule has 9 nitrogen and oxygen atoms in total. The van der Waals surface area contributed by atoms with Crippen LogP contribution in [0, 0.1) is 17.0 Å². The van der Waals surface area contributed by atoms with E-state index in [0.29, 0.717) is 34.8 Å². The van der Waals surface area contributed by atoms with E-state index in [4.69, 9.17) is 9.97 Å². The molecule has 2 heterocycles. The molecular weight excluding hydrogens is 432 g/mol. The van der Waals surface area contributed by atoms with Gasteiger partial charge in [0.05, 0.1) is 22.8 Å². The van der Waals surface area contributed by atoms with Gasteiger partial charge in [0.1, 0.15) is 11.3 Å². The Morgan fingerprint density at radius 3 is 2.59 bits per heavy atom. The van der Waals surface area contributed by atoms with E-state index in [-0.39, 0.29) is 11.7 Å². The SMILES string of the molecule is CCCCc1nc2cc(NC(=O)Nc3ccccc3)c(C)nc2n1Cc1cccc([N+](=O)[O-])c1. The molecule has 174 valence electrons. The minimum atomic E-state index is -0.394. The van der Waals surface area contributed by atoms with Crippen molar-refractivity contribution in [2.24, 2.45) is 0 Å². The average molecular weight is 459 g/mol. The van der Waals surface area contributed by atoms with Gasteiger partial charge < -0.3 is 15.2 Å². The number of amides is 2. The lowest BCUT2D eigenvalue weighted by molar-refractivity contribution is -0.384. The molecule has 0 spiro atoms. The van der Waals surface area contributed by atoms with E-state index in [1.165, 1.54) is 6.07 Å². The van der Waals surface area contributed by atoms with Crippen LogP contribution in [-0.2, 0) is 13.0 Å². The number of hydrogen-bond donors (Lipinski definition) is 2. The number of carbonyl (C=O) groups excluding carboxylic acids is 1. The highest BCUT2D eigenvalue weighted by Gasteiger charge is 2.17. The fraction of sp³-hybridized carbons (Fsp3) is 0.240. The van der Waals surface area contributed by atoms with Gasteiger partial charge in [0.2, 0.25) is 0 Å². The predicted molar refractivity (Wildman–Crippen MR) is 132 cm³/mol. The number of anilines is 2. The van der Waals surface area contributed by atoms with Crippen molar-refractivity contribution in [3.63, 3.8) is 0 Å². The molecule has 0 aliphatic carbocycles. The van der Waals surface area contributed by atoms with Gasteiger partial charge in [0.25, 0.3) is 5.69 Å². The number of para-hydroxylation sites is 1. The van der Waals surface area contributed by atoms with Crippen molar-refractivity contribution < 1.29 is 9.72 Å². The number of nitrogens with one attached hydrogen (secondary N) is 2. The van der Waals surface area contributed by atoms with E-state index in [1.54, 1.807) is 12.1 Å². The van der Waals surface area contributed by atoms with Crippen molar-refractivity contribution in [2.45, 2.75) is 39.7 Å². The Morgan fingerprint density at radius 1 is 1.06 bits per heavy atom. The van der Waals surface area contributed by atoms with E-state index >= 15 is 0 Å². The molecular formula is C25H26N6O3. The number of urea groups is 1. The third kappa shape index (κ3) is 5.20. The van der Waals surface area contributed by atoms with Crippen molar-refractivity contribution in [3.8, 4) is 0 Å². The second-order valence-electron chi connectivity index (χ2n) is 8.05.